The lowest BCUT2D eigenvalue weighted by atomic mass is 9.99. The summed E-state index contributed by atoms with van der Waals surface area (Å²) in [5.41, 5.74) is 1.01. The maximum atomic E-state index is 12.8. The molecule has 0 aliphatic heterocycles. The summed E-state index contributed by atoms with van der Waals surface area (Å²) in [5, 5.41) is 0. The van der Waals surface area contributed by atoms with Gasteiger partial charge in [0.25, 0.3) is 0 Å². The van der Waals surface area contributed by atoms with Crippen molar-refractivity contribution in [1.82, 2.24) is 9.80 Å². The van der Waals surface area contributed by atoms with Crippen LogP contribution in [0, 0.1) is 0 Å². The summed E-state index contributed by atoms with van der Waals surface area (Å²) in [5.74, 6) is 1.11. The Balaban J connectivity index is 2.37. The number of thioether (sulfide) groups is 1. The predicted molar refractivity (Wildman–Crippen MR) is 150 cm³/mol. The van der Waals surface area contributed by atoms with Crippen molar-refractivity contribution in [3.05, 3.63) is 72.8 Å². The molecule has 1 unspecified atom stereocenters. The Bertz CT molecular complexity index is 1080. The summed E-state index contributed by atoms with van der Waals surface area (Å²) in [6.45, 7) is 14.0. The van der Waals surface area contributed by atoms with Gasteiger partial charge in [0.15, 0.2) is 0 Å². The van der Waals surface area contributed by atoms with Crippen molar-refractivity contribution in [2.24, 2.45) is 0 Å². The van der Waals surface area contributed by atoms with Gasteiger partial charge in [-0.15, -0.1) is 18.3 Å². The second-order valence-electron chi connectivity index (χ2n) is 9.54. The predicted octanol–water partition coefficient (Wildman–Crippen LogP) is 7.05. The van der Waals surface area contributed by atoms with Crippen LogP contribution < -0.4 is 9.47 Å². The quantitative estimate of drug-likeness (QED) is 0.231. The third-order valence-corrected chi connectivity index (χ3v) is 5.94. The van der Waals surface area contributed by atoms with E-state index >= 15 is 0 Å². The van der Waals surface area contributed by atoms with Crippen LogP contribution >= 0.6 is 11.8 Å². The van der Waals surface area contributed by atoms with Crippen molar-refractivity contribution >= 4 is 30.0 Å². The zero-order valence-corrected chi connectivity index (χ0v) is 23.5. The van der Waals surface area contributed by atoms with Crippen LogP contribution in [0.5, 0.6) is 11.5 Å². The van der Waals surface area contributed by atoms with Gasteiger partial charge in [-0.05, 0) is 74.6 Å². The highest BCUT2D eigenvalue weighted by Crippen LogP contribution is 2.32. The minimum Gasteiger partial charge on any atom is -0.486 e. The first-order valence-electron chi connectivity index (χ1n) is 12.0. The highest BCUT2D eigenvalue weighted by atomic mass is 32.2. The van der Waals surface area contributed by atoms with Gasteiger partial charge in [0.05, 0.1) is 0 Å². The Hall–Kier alpha value is -3.39. The fourth-order valence-corrected chi connectivity index (χ4v) is 3.80. The lowest BCUT2D eigenvalue weighted by Crippen LogP contribution is -2.38. The Morgan fingerprint density at radius 3 is 2.22 bits per heavy atom. The molecular weight excluding hydrogens is 488 g/mol. The number of hydrogen-bond donors (Lipinski definition) is 0. The number of carbonyl (C=O) groups excluding carboxylic acids is 2. The number of benzene rings is 2. The highest BCUT2D eigenvalue weighted by molar-refractivity contribution is 7.98. The van der Waals surface area contributed by atoms with Gasteiger partial charge in [-0.25, -0.2) is 9.59 Å². The molecule has 0 saturated carbocycles. The monoisotopic (exact) mass is 526 g/mol. The molecule has 0 N–H and O–H groups in total. The van der Waals surface area contributed by atoms with Crippen molar-refractivity contribution in [2.45, 2.75) is 43.8 Å². The van der Waals surface area contributed by atoms with Crippen LogP contribution in [0.2, 0.25) is 0 Å². The van der Waals surface area contributed by atoms with Gasteiger partial charge in [0.2, 0.25) is 0 Å². The lowest BCUT2D eigenvalue weighted by Gasteiger charge is -2.29. The Labute approximate surface area is 225 Å². The fraction of sp³-hybridized carbons (Fsp3) is 0.379. The molecular formula is C29H38N2O5S. The number of nitrogens with zero attached hydrogens (tertiary/aromatic N) is 2. The van der Waals surface area contributed by atoms with Crippen LogP contribution in [0.15, 0.2) is 66.6 Å². The van der Waals surface area contributed by atoms with Crippen LogP contribution in [0.1, 0.15) is 44.4 Å². The molecule has 0 fully saturated rings. The molecule has 200 valence electrons. The molecule has 0 radical (unpaired) electrons. The zero-order chi connectivity index (χ0) is 27.6. The number of carbonyl (C=O) groups is 2. The molecule has 7 nitrogen and oxygen atoms in total. The second kappa shape index (κ2) is 13.8. The van der Waals surface area contributed by atoms with Gasteiger partial charge in [-0.2, -0.15) is 0 Å². The molecule has 0 heterocycles. The first kappa shape index (κ1) is 29.8. The Morgan fingerprint density at radius 1 is 1.03 bits per heavy atom. The zero-order valence-electron chi connectivity index (χ0n) is 22.7. The SMILES string of the molecule is C=CCN(CCC(Oc1ccc(SC)cc1)c1ccc(OC(=O)N(C)C)cc1C=C)C(=O)OC(C)(C)C. The third kappa shape index (κ3) is 9.53. The second-order valence-corrected chi connectivity index (χ2v) is 10.4. The lowest BCUT2D eigenvalue weighted by molar-refractivity contribution is 0.0250. The summed E-state index contributed by atoms with van der Waals surface area (Å²) in [4.78, 5) is 28.9. The molecule has 37 heavy (non-hydrogen) atoms. The number of hydrogen-bond acceptors (Lipinski definition) is 6. The van der Waals surface area contributed by atoms with Crippen molar-refractivity contribution in [3.8, 4) is 11.5 Å². The minimum atomic E-state index is -0.610. The highest BCUT2D eigenvalue weighted by Gasteiger charge is 2.24. The van der Waals surface area contributed by atoms with E-state index in [4.69, 9.17) is 14.2 Å². The normalized spacial score (nSPS) is 11.7. The number of amides is 2. The topological polar surface area (TPSA) is 68.3 Å². The number of rotatable bonds is 11. The van der Waals surface area contributed by atoms with Gasteiger partial charge in [-0.3, -0.25) is 0 Å². The summed E-state index contributed by atoms with van der Waals surface area (Å²) in [6.07, 6.45) is 4.57. The van der Waals surface area contributed by atoms with E-state index in [1.165, 1.54) is 4.90 Å². The standard InChI is InChI=1S/C29H38N2O5S/c1-9-18-31(28(33)36-29(3,4)5)19-17-26(34-22-11-14-24(37-8)15-12-22)25-16-13-23(20-21(25)10-2)35-27(32)30(6)7/h9-16,20,26H,1-2,17-19H2,3-8H3. The molecule has 0 spiro atoms. The van der Waals surface area contributed by atoms with E-state index in [2.05, 4.69) is 13.2 Å². The fourth-order valence-electron chi connectivity index (χ4n) is 3.39. The summed E-state index contributed by atoms with van der Waals surface area (Å²) >= 11 is 1.65. The molecule has 1 atom stereocenters. The molecule has 8 heteroatoms. The van der Waals surface area contributed by atoms with Crippen molar-refractivity contribution < 1.29 is 23.8 Å². The summed E-state index contributed by atoms with van der Waals surface area (Å²) in [7, 11) is 3.24. The van der Waals surface area contributed by atoms with E-state index in [1.54, 1.807) is 55.0 Å². The first-order chi connectivity index (χ1) is 17.5. The number of ether oxygens (including phenoxy) is 3. The molecule has 0 bridgehead atoms. The maximum absolute atomic E-state index is 12.8. The Kier molecular flexibility index (Phi) is 11.1. The van der Waals surface area contributed by atoms with Crippen LogP contribution in [-0.2, 0) is 4.74 Å². The average molecular weight is 527 g/mol. The van der Waals surface area contributed by atoms with E-state index in [-0.39, 0.29) is 0 Å². The van der Waals surface area contributed by atoms with E-state index in [0.717, 1.165) is 16.0 Å². The van der Waals surface area contributed by atoms with E-state index in [9.17, 15) is 9.59 Å². The van der Waals surface area contributed by atoms with Gasteiger partial charge in [-0.1, -0.05) is 24.8 Å². The maximum Gasteiger partial charge on any atom is 0.414 e. The van der Waals surface area contributed by atoms with Crippen LogP contribution in [-0.4, -0.2) is 61.0 Å². The van der Waals surface area contributed by atoms with Crippen LogP contribution in [0.3, 0.4) is 0 Å². The molecule has 2 rings (SSSR count). The molecule has 0 aromatic heterocycles. The van der Waals surface area contributed by atoms with Crippen molar-refractivity contribution in [1.29, 1.82) is 0 Å². The van der Waals surface area contributed by atoms with Crippen molar-refractivity contribution in [2.75, 3.05) is 33.4 Å². The smallest absolute Gasteiger partial charge is 0.414 e. The molecule has 0 saturated heterocycles. The largest absolute Gasteiger partial charge is 0.486 e. The molecule has 0 aliphatic rings. The van der Waals surface area contributed by atoms with E-state index in [0.29, 0.717) is 31.0 Å². The third-order valence-electron chi connectivity index (χ3n) is 5.20. The van der Waals surface area contributed by atoms with Gasteiger partial charge < -0.3 is 24.0 Å². The molecule has 2 aromatic carbocycles. The Morgan fingerprint density at radius 2 is 1.68 bits per heavy atom. The summed E-state index contributed by atoms with van der Waals surface area (Å²) < 4.78 is 17.4. The molecule has 2 amide bonds. The minimum absolute atomic E-state index is 0.345. The van der Waals surface area contributed by atoms with Gasteiger partial charge in [0, 0.05) is 38.5 Å². The molecule has 2 aromatic rings. The summed E-state index contributed by atoms with van der Waals surface area (Å²) in [6, 6.07) is 13.2. The first-order valence-corrected chi connectivity index (χ1v) is 13.2. The van der Waals surface area contributed by atoms with E-state index < -0.39 is 23.9 Å². The van der Waals surface area contributed by atoms with Gasteiger partial charge >= 0.3 is 12.2 Å². The van der Waals surface area contributed by atoms with Gasteiger partial charge in [0.1, 0.15) is 23.2 Å². The van der Waals surface area contributed by atoms with Crippen molar-refractivity contribution in [3.63, 3.8) is 0 Å². The van der Waals surface area contributed by atoms with E-state index in [1.807, 2.05) is 57.4 Å². The van der Waals surface area contributed by atoms with Crippen LogP contribution in [0.4, 0.5) is 9.59 Å². The van der Waals surface area contributed by atoms with Crippen LogP contribution in [0.25, 0.3) is 6.08 Å². The molecule has 0 aliphatic carbocycles. The average Bonchev–Trinajstić information content (AvgIpc) is 2.84.